The molecule has 1 atom stereocenters. The van der Waals surface area contributed by atoms with Crippen LogP contribution in [0.5, 0.6) is 11.5 Å². The molecule has 0 bridgehead atoms. The Balaban J connectivity index is 2.30. The molecule has 1 aliphatic rings. The minimum absolute atomic E-state index is 0.0123. The number of nitrogens with zero attached hydrogens (tertiary/aromatic N) is 2. The van der Waals surface area contributed by atoms with Crippen LogP contribution < -0.4 is 10.5 Å². The summed E-state index contributed by atoms with van der Waals surface area (Å²) in [7, 11) is 1.65. The summed E-state index contributed by atoms with van der Waals surface area (Å²) < 4.78 is 5.46. The van der Waals surface area contributed by atoms with Crippen molar-refractivity contribution in [3.05, 3.63) is 57.6 Å². The topological polar surface area (TPSA) is 80.2 Å². The van der Waals surface area contributed by atoms with Gasteiger partial charge in [-0.15, -0.1) is 0 Å². The van der Waals surface area contributed by atoms with E-state index < -0.39 is 5.66 Å². The van der Waals surface area contributed by atoms with E-state index in [2.05, 4.69) is 4.99 Å². The molecule has 0 radical (unpaired) electrons. The number of phenolic OH excluding ortho intramolecular Hbond substituents is 1. The normalized spacial score (nSPS) is 19.6. The van der Waals surface area contributed by atoms with E-state index in [0.29, 0.717) is 11.5 Å². The highest BCUT2D eigenvalue weighted by atomic mass is 35.5. The zero-order valence-corrected chi connectivity index (χ0v) is 15.3. The molecule has 5 nitrogen and oxygen atoms in total. The molecule has 6 heteroatoms. The third kappa shape index (κ3) is 2.74. The van der Waals surface area contributed by atoms with E-state index in [9.17, 15) is 5.11 Å². The molecule has 3 rings (SSSR count). The fraction of sp³-hybridized carbons (Fsp3) is 0.263. The highest BCUT2D eigenvalue weighted by Crippen LogP contribution is 2.42. The van der Waals surface area contributed by atoms with Gasteiger partial charge in [0, 0.05) is 11.1 Å². The summed E-state index contributed by atoms with van der Waals surface area (Å²) >= 11 is 6.13. The fourth-order valence-electron chi connectivity index (χ4n) is 3.20. The van der Waals surface area contributed by atoms with Crippen LogP contribution in [-0.2, 0) is 5.66 Å². The number of phenols is 1. The number of hydrogen-bond acceptors (Lipinski definition) is 5. The maximum absolute atomic E-state index is 9.76. The van der Waals surface area contributed by atoms with E-state index in [1.165, 1.54) is 6.07 Å². The Kier molecular flexibility index (Phi) is 4.21. The summed E-state index contributed by atoms with van der Waals surface area (Å²) in [6, 6.07) is 8.95. The number of aliphatic imine (C=N–C) groups is 2. The van der Waals surface area contributed by atoms with Crippen LogP contribution in [0.2, 0.25) is 5.02 Å². The molecule has 1 unspecified atom stereocenters. The molecule has 2 aromatic carbocycles. The first kappa shape index (κ1) is 17.3. The number of halogens is 1. The number of aromatic hydroxyl groups is 1. The van der Waals surface area contributed by atoms with Gasteiger partial charge in [0.15, 0.2) is 0 Å². The van der Waals surface area contributed by atoms with E-state index in [4.69, 9.17) is 27.1 Å². The molecular formula is C19H20ClN3O2. The number of nitrogens with two attached hydrogens (primary N) is 1. The Morgan fingerprint density at radius 2 is 1.68 bits per heavy atom. The van der Waals surface area contributed by atoms with Crippen LogP contribution in [0.25, 0.3) is 0 Å². The van der Waals surface area contributed by atoms with E-state index in [0.717, 1.165) is 28.0 Å². The maximum atomic E-state index is 9.76. The van der Waals surface area contributed by atoms with Crippen molar-refractivity contribution in [2.24, 2.45) is 15.7 Å². The van der Waals surface area contributed by atoms with Crippen molar-refractivity contribution in [3.8, 4) is 11.5 Å². The van der Waals surface area contributed by atoms with Gasteiger partial charge in [0.2, 0.25) is 5.66 Å². The van der Waals surface area contributed by atoms with Crippen molar-refractivity contribution < 1.29 is 9.84 Å². The van der Waals surface area contributed by atoms with E-state index in [-0.39, 0.29) is 10.8 Å². The van der Waals surface area contributed by atoms with Crippen LogP contribution in [0.3, 0.4) is 0 Å². The Labute approximate surface area is 151 Å². The number of hydrogen-bond donors (Lipinski definition) is 2. The quantitative estimate of drug-likeness (QED) is 0.878. The number of aryl methyl sites for hydroxylation is 2. The zero-order valence-electron chi connectivity index (χ0n) is 14.6. The van der Waals surface area contributed by atoms with Crippen molar-refractivity contribution in [1.82, 2.24) is 0 Å². The summed E-state index contributed by atoms with van der Waals surface area (Å²) in [4.78, 5) is 9.42. The van der Waals surface area contributed by atoms with Gasteiger partial charge in [-0.05, 0) is 56.2 Å². The Morgan fingerprint density at radius 3 is 2.16 bits per heavy atom. The fourth-order valence-corrected chi connectivity index (χ4v) is 3.38. The number of rotatable bonds is 3. The van der Waals surface area contributed by atoms with Gasteiger partial charge in [-0.3, -0.25) is 0 Å². The molecule has 25 heavy (non-hydrogen) atoms. The average Bonchev–Trinajstić information content (AvgIpc) is 2.86. The van der Waals surface area contributed by atoms with Crippen LogP contribution in [0.1, 0.15) is 29.2 Å². The molecule has 0 saturated heterocycles. The number of ether oxygens (including phenoxy) is 1. The molecule has 130 valence electrons. The first-order chi connectivity index (χ1) is 11.8. The second-order valence-electron chi connectivity index (χ2n) is 6.18. The van der Waals surface area contributed by atoms with E-state index in [1.807, 2.05) is 32.9 Å². The van der Waals surface area contributed by atoms with Crippen LogP contribution in [-0.4, -0.2) is 23.8 Å². The van der Waals surface area contributed by atoms with Crippen molar-refractivity contribution in [2.75, 3.05) is 7.11 Å². The molecule has 0 amide bonds. The summed E-state index contributed by atoms with van der Waals surface area (Å²) in [5.41, 5.74) is 9.25. The zero-order chi connectivity index (χ0) is 18.4. The first-order valence-electron chi connectivity index (χ1n) is 7.85. The van der Waals surface area contributed by atoms with E-state index >= 15 is 0 Å². The monoisotopic (exact) mass is 357 g/mol. The summed E-state index contributed by atoms with van der Waals surface area (Å²) in [5, 5.41) is 10.00. The average molecular weight is 358 g/mol. The van der Waals surface area contributed by atoms with Crippen LogP contribution >= 0.6 is 11.6 Å². The van der Waals surface area contributed by atoms with Gasteiger partial charge < -0.3 is 15.6 Å². The highest BCUT2D eigenvalue weighted by molar-refractivity contribution is 6.41. The van der Waals surface area contributed by atoms with Gasteiger partial charge in [0.1, 0.15) is 17.3 Å². The lowest BCUT2D eigenvalue weighted by atomic mass is 9.89. The second kappa shape index (κ2) is 6.08. The molecule has 0 fully saturated rings. The lowest BCUT2D eigenvalue weighted by molar-refractivity contribution is 0.408. The second-order valence-corrected chi connectivity index (χ2v) is 6.58. The van der Waals surface area contributed by atoms with Crippen molar-refractivity contribution in [3.63, 3.8) is 0 Å². The van der Waals surface area contributed by atoms with Gasteiger partial charge in [0.25, 0.3) is 0 Å². The van der Waals surface area contributed by atoms with Crippen LogP contribution in [0, 0.1) is 13.8 Å². The molecule has 3 N–H and O–H groups in total. The van der Waals surface area contributed by atoms with Crippen LogP contribution in [0.15, 0.2) is 40.3 Å². The molecule has 2 aromatic rings. The minimum atomic E-state index is -1.02. The maximum Gasteiger partial charge on any atom is 0.204 e. The van der Waals surface area contributed by atoms with Gasteiger partial charge in [0.05, 0.1) is 17.8 Å². The Bertz CT molecular complexity index is 878. The van der Waals surface area contributed by atoms with Gasteiger partial charge in [-0.1, -0.05) is 17.7 Å². The van der Waals surface area contributed by atoms with Gasteiger partial charge in [-0.25, -0.2) is 9.98 Å². The lowest BCUT2D eigenvalue weighted by Crippen LogP contribution is -2.22. The minimum Gasteiger partial charge on any atom is -0.506 e. The Morgan fingerprint density at radius 1 is 1.04 bits per heavy atom. The molecule has 1 heterocycles. The molecular weight excluding hydrogens is 338 g/mol. The van der Waals surface area contributed by atoms with Gasteiger partial charge in [-0.2, -0.15) is 0 Å². The predicted octanol–water partition coefficient (Wildman–Crippen LogP) is 3.70. The van der Waals surface area contributed by atoms with Crippen LogP contribution in [0.4, 0.5) is 0 Å². The van der Waals surface area contributed by atoms with Crippen molar-refractivity contribution in [2.45, 2.75) is 26.4 Å². The summed E-state index contributed by atoms with van der Waals surface area (Å²) in [6.45, 7) is 5.78. The number of methoxy groups -OCH3 is 1. The lowest BCUT2D eigenvalue weighted by Gasteiger charge is -2.26. The predicted molar refractivity (Wildman–Crippen MR) is 101 cm³/mol. The molecule has 0 aliphatic carbocycles. The third-order valence-electron chi connectivity index (χ3n) is 4.40. The van der Waals surface area contributed by atoms with Crippen molar-refractivity contribution in [1.29, 1.82) is 0 Å². The van der Waals surface area contributed by atoms with Gasteiger partial charge >= 0.3 is 0 Å². The SMILES string of the molecule is COc1c(C)cc(C2(c3ccc(O)c(Cl)c3)N=C(C)C(N)=N2)cc1C. The number of benzene rings is 2. The van der Waals surface area contributed by atoms with E-state index in [1.54, 1.807) is 19.2 Å². The molecule has 0 spiro atoms. The standard InChI is InChI=1S/C19H20ClN3O2/c1-10-7-14(8-11(2)17(10)25-4)19(22-12(3)18(21)23-19)13-5-6-16(24)15(20)9-13/h5-9,24H,1-4H3,(H2,21,23). The Hall–Kier alpha value is -2.53. The van der Waals surface area contributed by atoms with Crippen molar-refractivity contribution >= 4 is 23.1 Å². The first-order valence-corrected chi connectivity index (χ1v) is 8.23. The number of amidine groups is 1. The largest absolute Gasteiger partial charge is 0.506 e. The third-order valence-corrected chi connectivity index (χ3v) is 4.70. The summed E-state index contributed by atoms with van der Waals surface area (Å²) in [5.74, 6) is 1.23. The smallest absolute Gasteiger partial charge is 0.204 e. The molecule has 0 aromatic heterocycles. The molecule has 0 saturated carbocycles. The summed E-state index contributed by atoms with van der Waals surface area (Å²) in [6.07, 6.45) is 0. The highest BCUT2D eigenvalue weighted by Gasteiger charge is 2.39. The molecule has 1 aliphatic heterocycles.